The zero-order valence-corrected chi connectivity index (χ0v) is 13.0. The quantitative estimate of drug-likeness (QED) is 0.888. The summed E-state index contributed by atoms with van der Waals surface area (Å²) in [4.78, 5) is 15.9. The normalized spacial score (nSPS) is 12.9. The molecule has 1 atom stereocenters. The summed E-state index contributed by atoms with van der Waals surface area (Å²) in [5, 5.41) is 2.75. The van der Waals surface area contributed by atoms with Crippen LogP contribution in [0.3, 0.4) is 0 Å². The van der Waals surface area contributed by atoms with Gasteiger partial charge >= 0.3 is 6.09 Å². The van der Waals surface area contributed by atoms with Gasteiger partial charge in [-0.15, -0.1) is 0 Å². The molecule has 6 heteroatoms. The molecule has 0 spiro atoms. The van der Waals surface area contributed by atoms with Crippen LogP contribution < -0.4 is 11.1 Å². The first-order chi connectivity index (χ1) is 8.80. The molecule has 0 bridgehead atoms. The smallest absolute Gasteiger partial charge is 0.407 e. The number of amides is 1. The number of carbonyl (C=O) groups is 1. The lowest BCUT2D eigenvalue weighted by Crippen LogP contribution is -2.44. The average molecular weight is 330 g/mol. The molecule has 0 saturated heterocycles. The summed E-state index contributed by atoms with van der Waals surface area (Å²) in [5.41, 5.74) is 6.01. The molecule has 1 aromatic rings. The number of carbonyl (C=O) groups excluding carboxylic acids is 1. The first-order valence-corrected chi connectivity index (χ1v) is 6.89. The van der Waals surface area contributed by atoms with Crippen LogP contribution in [-0.2, 0) is 11.2 Å². The van der Waals surface area contributed by atoms with Crippen molar-refractivity contribution < 1.29 is 9.53 Å². The van der Waals surface area contributed by atoms with Crippen LogP contribution in [0.1, 0.15) is 26.5 Å². The second kappa shape index (κ2) is 6.86. The van der Waals surface area contributed by atoms with Gasteiger partial charge in [-0.05, 0) is 48.8 Å². The molecular formula is C13H20BrN3O2. The van der Waals surface area contributed by atoms with E-state index in [2.05, 4.69) is 26.2 Å². The average Bonchev–Trinajstić information content (AvgIpc) is 2.28. The molecule has 0 aliphatic rings. The summed E-state index contributed by atoms with van der Waals surface area (Å²) < 4.78 is 6.11. The van der Waals surface area contributed by atoms with Crippen molar-refractivity contribution in [2.75, 3.05) is 6.54 Å². The first-order valence-electron chi connectivity index (χ1n) is 6.10. The number of ether oxygens (including phenoxy) is 1. The second-order valence-corrected chi connectivity index (χ2v) is 6.17. The van der Waals surface area contributed by atoms with Crippen LogP contribution in [0, 0.1) is 0 Å². The van der Waals surface area contributed by atoms with Gasteiger partial charge in [0.1, 0.15) is 5.60 Å². The molecule has 1 aromatic heterocycles. The molecule has 3 N–H and O–H groups in total. The van der Waals surface area contributed by atoms with Gasteiger partial charge in [-0.2, -0.15) is 0 Å². The van der Waals surface area contributed by atoms with E-state index in [0.29, 0.717) is 13.0 Å². The van der Waals surface area contributed by atoms with E-state index in [1.807, 2.05) is 32.9 Å². The van der Waals surface area contributed by atoms with Crippen LogP contribution in [0.15, 0.2) is 22.8 Å². The third-order valence-corrected chi connectivity index (χ3v) is 2.72. The van der Waals surface area contributed by atoms with Gasteiger partial charge in [0.05, 0.1) is 0 Å². The van der Waals surface area contributed by atoms with Gasteiger partial charge in [0, 0.05) is 35.4 Å². The highest BCUT2D eigenvalue weighted by molar-refractivity contribution is 9.10. The summed E-state index contributed by atoms with van der Waals surface area (Å²) >= 11 is 3.33. The van der Waals surface area contributed by atoms with E-state index in [9.17, 15) is 4.79 Å². The molecule has 19 heavy (non-hydrogen) atoms. The third-order valence-electron chi connectivity index (χ3n) is 2.25. The topological polar surface area (TPSA) is 77.2 Å². The summed E-state index contributed by atoms with van der Waals surface area (Å²) in [6, 6.07) is 3.61. The van der Waals surface area contributed by atoms with Gasteiger partial charge in [0.2, 0.25) is 0 Å². The molecule has 0 aliphatic heterocycles. The molecule has 1 heterocycles. The molecule has 0 aromatic carbocycles. The fourth-order valence-corrected chi connectivity index (χ4v) is 1.68. The molecule has 0 saturated carbocycles. The number of halogens is 1. The minimum absolute atomic E-state index is 0.191. The van der Waals surface area contributed by atoms with Crippen LogP contribution >= 0.6 is 15.9 Å². The summed E-state index contributed by atoms with van der Waals surface area (Å²) in [5.74, 6) is 0. The number of aromatic nitrogens is 1. The van der Waals surface area contributed by atoms with Gasteiger partial charge in [-0.1, -0.05) is 0 Å². The maximum Gasteiger partial charge on any atom is 0.407 e. The predicted molar refractivity (Wildman–Crippen MR) is 77.9 cm³/mol. The van der Waals surface area contributed by atoms with Crippen molar-refractivity contribution in [2.45, 2.75) is 38.8 Å². The van der Waals surface area contributed by atoms with Crippen molar-refractivity contribution in [3.05, 3.63) is 28.5 Å². The van der Waals surface area contributed by atoms with Crippen molar-refractivity contribution in [3.63, 3.8) is 0 Å². The highest BCUT2D eigenvalue weighted by Crippen LogP contribution is 2.10. The van der Waals surface area contributed by atoms with Gasteiger partial charge in [0.25, 0.3) is 0 Å². The number of hydrogen-bond acceptors (Lipinski definition) is 4. The highest BCUT2D eigenvalue weighted by Gasteiger charge is 2.19. The van der Waals surface area contributed by atoms with Crippen molar-refractivity contribution in [1.82, 2.24) is 10.3 Å². The fraction of sp³-hybridized carbons (Fsp3) is 0.538. The van der Waals surface area contributed by atoms with Crippen molar-refractivity contribution in [2.24, 2.45) is 5.73 Å². The molecule has 0 radical (unpaired) electrons. The van der Waals surface area contributed by atoms with Crippen LogP contribution in [-0.4, -0.2) is 29.3 Å². The van der Waals surface area contributed by atoms with E-state index in [1.165, 1.54) is 0 Å². The van der Waals surface area contributed by atoms with Gasteiger partial charge in [-0.3, -0.25) is 4.98 Å². The molecule has 0 aliphatic carbocycles. The number of rotatable bonds is 4. The van der Waals surface area contributed by atoms with Crippen LogP contribution in [0.25, 0.3) is 0 Å². The summed E-state index contributed by atoms with van der Waals surface area (Å²) in [6.07, 6.45) is 1.83. The van der Waals surface area contributed by atoms with Crippen molar-refractivity contribution in [3.8, 4) is 0 Å². The Balaban J connectivity index is 2.54. The first kappa shape index (κ1) is 15.9. The van der Waals surface area contributed by atoms with Crippen LogP contribution in [0.2, 0.25) is 0 Å². The Morgan fingerprint density at radius 1 is 1.53 bits per heavy atom. The second-order valence-electron chi connectivity index (χ2n) is 5.25. The largest absolute Gasteiger partial charge is 0.444 e. The maximum absolute atomic E-state index is 11.7. The SMILES string of the molecule is CC(C)(C)OC(=O)NC(CN)Cc1ccc(Br)cn1. The van der Waals surface area contributed by atoms with E-state index in [1.54, 1.807) is 6.20 Å². The lowest BCUT2D eigenvalue weighted by molar-refractivity contribution is 0.0506. The van der Waals surface area contributed by atoms with Crippen molar-refractivity contribution in [1.29, 1.82) is 0 Å². The standard InChI is InChI=1S/C13H20BrN3O2/c1-13(2,3)19-12(18)17-11(7-15)6-10-5-4-9(14)8-16-10/h4-5,8,11H,6-7,15H2,1-3H3,(H,17,18). The molecule has 1 unspecified atom stereocenters. The number of hydrogen-bond donors (Lipinski definition) is 2. The Hall–Kier alpha value is -1.14. The van der Waals surface area contributed by atoms with Crippen LogP contribution in [0.5, 0.6) is 0 Å². The maximum atomic E-state index is 11.7. The minimum atomic E-state index is -0.515. The molecule has 106 valence electrons. The fourth-order valence-electron chi connectivity index (χ4n) is 1.45. The Kier molecular flexibility index (Phi) is 5.75. The Labute approximate surface area is 122 Å². The lowest BCUT2D eigenvalue weighted by atomic mass is 10.1. The number of alkyl carbamates (subject to hydrolysis) is 1. The van der Waals surface area contributed by atoms with Crippen LogP contribution in [0.4, 0.5) is 4.79 Å². The number of pyridine rings is 1. The zero-order valence-electron chi connectivity index (χ0n) is 11.4. The molecule has 0 fully saturated rings. The number of nitrogens with zero attached hydrogens (tertiary/aromatic N) is 1. The molecule has 1 amide bonds. The predicted octanol–water partition coefficient (Wildman–Crippen LogP) is 2.24. The van der Waals surface area contributed by atoms with E-state index >= 15 is 0 Å². The number of nitrogens with two attached hydrogens (primary N) is 1. The minimum Gasteiger partial charge on any atom is -0.444 e. The molecule has 5 nitrogen and oxygen atoms in total. The van der Waals surface area contributed by atoms with E-state index in [0.717, 1.165) is 10.2 Å². The van der Waals surface area contributed by atoms with E-state index in [-0.39, 0.29) is 6.04 Å². The molecular weight excluding hydrogens is 310 g/mol. The monoisotopic (exact) mass is 329 g/mol. The summed E-state index contributed by atoms with van der Waals surface area (Å²) in [7, 11) is 0. The van der Waals surface area contributed by atoms with Gasteiger partial charge in [-0.25, -0.2) is 4.79 Å². The van der Waals surface area contributed by atoms with E-state index in [4.69, 9.17) is 10.5 Å². The van der Waals surface area contributed by atoms with Gasteiger partial charge in [0.15, 0.2) is 0 Å². The Morgan fingerprint density at radius 3 is 2.68 bits per heavy atom. The summed E-state index contributed by atoms with van der Waals surface area (Å²) in [6.45, 7) is 5.79. The Bertz CT molecular complexity index is 415. The number of nitrogens with one attached hydrogen (secondary N) is 1. The lowest BCUT2D eigenvalue weighted by Gasteiger charge is -2.22. The van der Waals surface area contributed by atoms with Gasteiger partial charge < -0.3 is 15.8 Å². The van der Waals surface area contributed by atoms with E-state index < -0.39 is 11.7 Å². The third kappa shape index (κ3) is 6.54. The Morgan fingerprint density at radius 2 is 2.21 bits per heavy atom. The van der Waals surface area contributed by atoms with Crippen molar-refractivity contribution >= 4 is 22.0 Å². The highest BCUT2D eigenvalue weighted by atomic mass is 79.9. The zero-order chi connectivity index (χ0) is 14.5. The molecule has 1 rings (SSSR count).